The fourth-order valence-electron chi connectivity index (χ4n) is 3.60. The van der Waals surface area contributed by atoms with E-state index in [1.165, 1.54) is 38.5 Å². The van der Waals surface area contributed by atoms with Crippen LogP contribution in [0.3, 0.4) is 0 Å². The van der Waals surface area contributed by atoms with Crippen LogP contribution >= 0.6 is 0 Å². The van der Waals surface area contributed by atoms with Crippen LogP contribution in [0.15, 0.2) is 11.8 Å². The normalized spacial score (nSPS) is 12.5. The molecule has 0 atom stereocenters. The molecule has 4 nitrogen and oxygen atoms in total. The smallest absolute Gasteiger partial charge is 0.303 e. The first-order valence-corrected chi connectivity index (χ1v) is 10.9. The lowest BCUT2D eigenvalue weighted by Crippen LogP contribution is -2.51. The Kier molecular flexibility index (Phi) is 15.5. The van der Waals surface area contributed by atoms with Gasteiger partial charge in [0, 0.05) is 6.42 Å². The maximum atomic E-state index is 11.0. The highest BCUT2D eigenvalue weighted by Crippen LogP contribution is 2.18. The number of carboxylic acids is 1. The van der Waals surface area contributed by atoms with Gasteiger partial charge >= 0.3 is 5.97 Å². The average molecular weight is 371 g/mol. The summed E-state index contributed by atoms with van der Waals surface area (Å²) in [5.74, 6) is -0.214. The molecule has 0 fully saturated rings. The fourth-order valence-corrected chi connectivity index (χ4v) is 3.60. The predicted molar refractivity (Wildman–Crippen MR) is 111 cm³/mol. The SMILES string of the molecule is CCCCC/C=C(\O)C[N+](CCCCC)(CCCCC)CCCC(=O)O. The summed E-state index contributed by atoms with van der Waals surface area (Å²) in [7, 11) is 0. The highest BCUT2D eigenvalue weighted by molar-refractivity contribution is 5.66. The van der Waals surface area contributed by atoms with E-state index in [0.29, 0.717) is 18.7 Å². The van der Waals surface area contributed by atoms with Crippen LogP contribution in [0, 0.1) is 0 Å². The summed E-state index contributed by atoms with van der Waals surface area (Å²) in [4.78, 5) is 11.0. The van der Waals surface area contributed by atoms with E-state index >= 15 is 0 Å². The van der Waals surface area contributed by atoms with Crippen LogP contribution in [0.5, 0.6) is 0 Å². The molecule has 2 N–H and O–H groups in total. The maximum absolute atomic E-state index is 11.0. The molecule has 0 saturated heterocycles. The van der Waals surface area contributed by atoms with Crippen molar-refractivity contribution in [2.45, 2.75) is 97.8 Å². The standard InChI is InChI=1S/C22H43NO3/c1-4-7-10-11-15-21(24)20-23(17-12-8-5-2,18-13-9-6-3)19-14-16-22(25)26/h15H,4-14,16-20H2,1-3H3,(H-,24,25,26)/p+1/b21-15-. The van der Waals surface area contributed by atoms with Crippen LogP contribution in [0.1, 0.15) is 97.8 Å². The Morgan fingerprint density at radius 1 is 0.769 bits per heavy atom. The summed E-state index contributed by atoms with van der Waals surface area (Å²) in [6.45, 7) is 10.2. The molecule has 0 aromatic rings. The average Bonchev–Trinajstić information content (AvgIpc) is 2.59. The number of carbonyl (C=O) groups is 1. The van der Waals surface area contributed by atoms with E-state index in [9.17, 15) is 9.90 Å². The first kappa shape index (κ1) is 25.0. The largest absolute Gasteiger partial charge is 0.507 e. The zero-order valence-electron chi connectivity index (χ0n) is 17.6. The molecule has 26 heavy (non-hydrogen) atoms. The number of allylic oxidation sites excluding steroid dienone is 1. The quantitative estimate of drug-likeness (QED) is 0.175. The molecular formula is C22H44NO3+. The van der Waals surface area contributed by atoms with Crippen molar-refractivity contribution in [3.05, 3.63) is 11.8 Å². The van der Waals surface area contributed by atoms with Crippen LogP contribution in [0.4, 0.5) is 0 Å². The molecule has 0 spiro atoms. The van der Waals surface area contributed by atoms with Crippen molar-refractivity contribution in [1.29, 1.82) is 0 Å². The second kappa shape index (κ2) is 16.2. The molecule has 0 rings (SSSR count). The Morgan fingerprint density at radius 3 is 1.77 bits per heavy atom. The van der Waals surface area contributed by atoms with E-state index < -0.39 is 5.97 Å². The highest BCUT2D eigenvalue weighted by atomic mass is 16.4. The van der Waals surface area contributed by atoms with Gasteiger partial charge in [-0.15, -0.1) is 0 Å². The zero-order chi connectivity index (χ0) is 19.7. The fraction of sp³-hybridized carbons (Fsp3) is 0.864. The number of rotatable bonds is 18. The molecular weight excluding hydrogens is 326 g/mol. The third-order valence-electron chi connectivity index (χ3n) is 5.18. The number of quaternary nitrogens is 1. The molecule has 0 aliphatic rings. The monoisotopic (exact) mass is 370 g/mol. The van der Waals surface area contributed by atoms with Crippen molar-refractivity contribution in [2.24, 2.45) is 0 Å². The summed E-state index contributed by atoms with van der Waals surface area (Å²) in [5, 5.41) is 19.6. The molecule has 154 valence electrons. The van der Waals surface area contributed by atoms with Crippen molar-refractivity contribution in [2.75, 3.05) is 26.2 Å². The Labute approximate surface area is 161 Å². The predicted octanol–water partition coefficient (Wildman–Crippen LogP) is 6.07. The van der Waals surface area contributed by atoms with Gasteiger partial charge in [0.25, 0.3) is 0 Å². The van der Waals surface area contributed by atoms with Gasteiger partial charge in [0.05, 0.1) is 26.1 Å². The molecule has 0 radical (unpaired) electrons. The summed E-state index contributed by atoms with van der Waals surface area (Å²) < 4.78 is 0.851. The Bertz CT molecular complexity index is 370. The minimum atomic E-state index is -0.718. The molecule has 4 heteroatoms. The Balaban J connectivity index is 5.00. The van der Waals surface area contributed by atoms with E-state index in [4.69, 9.17) is 5.11 Å². The van der Waals surface area contributed by atoms with E-state index in [1.807, 2.05) is 6.08 Å². The second-order valence-electron chi connectivity index (χ2n) is 7.77. The van der Waals surface area contributed by atoms with Gasteiger partial charge in [-0.05, 0) is 44.6 Å². The molecule has 0 aromatic carbocycles. The van der Waals surface area contributed by atoms with Gasteiger partial charge in [-0.3, -0.25) is 4.79 Å². The van der Waals surface area contributed by atoms with Crippen LogP contribution in [0.2, 0.25) is 0 Å². The van der Waals surface area contributed by atoms with Crippen molar-refractivity contribution in [1.82, 2.24) is 0 Å². The first-order valence-electron chi connectivity index (χ1n) is 10.9. The van der Waals surface area contributed by atoms with Gasteiger partial charge in [-0.25, -0.2) is 0 Å². The molecule has 0 aromatic heterocycles. The topological polar surface area (TPSA) is 57.5 Å². The third kappa shape index (κ3) is 13.2. The number of aliphatic hydroxyl groups is 1. The minimum Gasteiger partial charge on any atom is -0.507 e. The van der Waals surface area contributed by atoms with Crippen LogP contribution in [0.25, 0.3) is 0 Å². The van der Waals surface area contributed by atoms with Gasteiger partial charge in [0.2, 0.25) is 0 Å². The van der Waals surface area contributed by atoms with Gasteiger partial charge < -0.3 is 14.7 Å². The molecule has 0 saturated carbocycles. The van der Waals surface area contributed by atoms with Gasteiger partial charge in [-0.2, -0.15) is 0 Å². The van der Waals surface area contributed by atoms with Crippen molar-refractivity contribution in [3.63, 3.8) is 0 Å². The van der Waals surface area contributed by atoms with Gasteiger partial charge in [0.15, 0.2) is 0 Å². The van der Waals surface area contributed by atoms with Crippen LogP contribution in [-0.4, -0.2) is 46.8 Å². The third-order valence-corrected chi connectivity index (χ3v) is 5.18. The Morgan fingerprint density at radius 2 is 1.27 bits per heavy atom. The highest BCUT2D eigenvalue weighted by Gasteiger charge is 2.28. The summed E-state index contributed by atoms with van der Waals surface area (Å²) >= 11 is 0. The number of aliphatic hydroxyl groups excluding tert-OH is 1. The maximum Gasteiger partial charge on any atom is 0.303 e. The molecule has 0 amide bonds. The molecule has 0 aliphatic heterocycles. The number of nitrogens with zero attached hydrogens (tertiary/aromatic N) is 1. The molecule has 0 bridgehead atoms. The number of carboxylic acid groups (broad SMARTS) is 1. The van der Waals surface area contributed by atoms with Crippen molar-refractivity contribution in [3.8, 4) is 0 Å². The molecule has 0 unspecified atom stereocenters. The summed E-state index contributed by atoms with van der Waals surface area (Å²) in [6, 6.07) is 0. The van der Waals surface area contributed by atoms with Gasteiger partial charge in [0.1, 0.15) is 12.3 Å². The Hall–Kier alpha value is -1.03. The van der Waals surface area contributed by atoms with E-state index in [0.717, 1.165) is 49.8 Å². The van der Waals surface area contributed by atoms with E-state index in [-0.39, 0.29) is 6.42 Å². The van der Waals surface area contributed by atoms with E-state index in [2.05, 4.69) is 20.8 Å². The van der Waals surface area contributed by atoms with E-state index in [1.54, 1.807) is 0 Å². The molecule has 0 heterocycles. The number of aliphatic carboxylic acids is 1. The first-order chi connectivity index (χ1) is 12.5. The van der Waals surface area contributed by atoms with Crippen LogP contribution < -0.4 is 0 Å². The van der Waals surface area contributed by atoms with Crippen molar-refractivity contribution < 1.29 is 19.5 Å². The van der Waals surface area contributed by atoms with Crippen molar-refractivity contribution >= 4 is 5.97 Å². The lowest BCUT2D eigenvalue weighted by atomic mass is 10.1. The summed E-state index contributed by atoms with van der Waals surface area (Å²) in [6.07, 6.45) is 14.5. The van der Waals surface area contributed by atoms with Gasteiger partial charge in [-0.1, -0.05) is 46.5 Å². The number of hydrogen-bond acceptors (Lipinski definition) is 2. The van der Waals surface area contributed by atoms with Crippen LogP contribution in [-0.2, 0) is 4.79 Å². The molecule has 0 aliphatic carbocycles. The zero-order valence-corrected chi connectivity index (χ0v) is 17.6. The lowest BCUT2D eigenvalue weighted by Gasteiger charge is -2.39. The summed E-state index contributed by atoms with van der Waals surface area (Å²) in [5.41, 5.74) is 0. The number of unbranched alkanes of at least 4 members (excludes halogenated alkanes) is 7. The minimum absolute atomic E-state index is 0.225. The lowest BCUT2D eigenvalue weighted by molar-refractivity contribution is -0.925. The second-order valence-corrected chi connectivity index (χ2v) is 7.77. The number of hydrogen-bond donors (Lipinski definition) is 2.